The molecule has 0 bridgehead atoms. The first-order valence-electron chi connectivity index (χ1n) is 5.76. The van der Waals surface area contributed by atoms with Gasteiger partial charge in [-0.3, -0.25) is 0 Å². The van der Waals surface area contributed by atoms with Crippen molar-refractivity contribution in [3.05, 3.63) is 35.9 Å². The molecule has 1 atom stereocenters. The van der Waals surface area contributed by atoms with E-state index in [1.807, 2.05) is 37.3 Å². The van der Waals surface area contributed by atoms with Gasteiger partial charge in [-0.15, -0.1) is 0 Å². The van der Waals surface area contributed by atoms with Crippen LogP contribution in [0, 0.1) is 0 Å². The molecule has 1 aliphatic rings. The molecule has 0 saturated heterocycles. The van der Waals surface area contributed by atoms with Crippen LogP contribution < -0.4 is 0 Å². The Kier molecular flexibility index (Phi) is 3.75. The fourth-order valence-corrected chi connectivity index (χ4v) is 1.62. The third kappa shape index (κ3) is 2.84. The average Bonchev–Trinajstić information content (AvgIpc) is 2.86. The molecule has 1 aromatic carbocycles. The van der Waals surface area contributed by atoms with E-state index in [1.165, 1.54) is 0 Å². The van der Waals surface area contributed by atoms with Gasteiger partial charge in [-0.1, -0.05) is 42.4 Å². The molecule has 2 rings (SSSR count). The fourth-order valence-electron chi connectivity index (χ4n) is 1.62. The Morgan fingerprint density at radius 2 is 2.24 bits per heavy atom. The predicted octanol–water partition coefficient (Wildman–Crippen LogP) is 2.46. The van der Waals surface area contributed by atoms with Crippen molar-refractivity contribution in [2.75, 3.05) is 6.61 Å². The highest BCUT2D eigenvalue weighted by atomic mass is 16.6. The van der Waals surface area contributed by atoms with E-state index in [-0.39, 0.29) is 12.1 Å². The van der Waals surface area contributed by atoms with Gasteiger partial charge < -0.3 is 9.57 Å². The van der Waals surface area contributed by atoms with Gasteiger partial charge in [0.2, 0.25) is 0 Å². The maximum absolute atomic E-state index is 11.5. The number of carbonyl (C=O) groups is 1. The quantitative estimate of drug-likeness (QED) is 0.750. The Morgan fingerprint density at radius 3 is 2.94 bits per heavy atom. The summed E-state index contributed by atoms with van der Waals surface area (Å²) in [5, 5.41) is 3.79. The molecule has 1 aliphatic heterocycles. The number of nitrogens with zero attached hydrogens (tertiary/aromatic N) is 1. The number of hydrogen-bond donors (Lipinski definition) is 0. The van der Waals surface area contributed by atoms with Crippen LogP contribution in [0.3, 0.4) is 0 Å². The van der Waals surface area contributed by atoms with Gasteiger partial charge in [0.15, 0.2) is 11.8 Å². The number of esters is 1. The van der Waals surface area contributed by atoms with E-state index in [2.05, 4.69) is 5.16 Å². The molecule has 0 fully saturated rings. The fraction of sp³-hybridized carbons (Fsp3) is 0.385. The molecule has 17 heavy (non-hydrogen) atoms. The molecule has 0 radical (unpaired) electrons. The number of benzene rings is 1. The molecular formula is C13H15NO3. The molecule has 90 valence electrons. The first kappa shape index (κ1) is 11.6. The summed E-state index contributed by atoms with van der Waals surface area (Å²) in [6.45, 7) is 2.38. The van der Waals surface area contributed by atoms with Crippen LogP contribution in [0.1, 0.15) is 31.4 Å². The lowest BCUT2D eigenvalue weighted by molar-refractivity contribution is -0.135. The number of rotatable bonds is 4. The Labute approximate surface area is 100 Å². The summed E-state index contributed by atoms with van der Waals surface area (Å²) in [7, 11) is 0. The van der Waals surface area contributed by atoms with Gasteiger partial charge >= 0.3 is 5.97 Å². The molecular weight excluding hydrogens is 218 g/mol. The minimum atomic E-state index is -0.370. The van der Waals surface area contributed by atoms with Crippen molar-refractivity contribution in [3.8, 4) is 0 Å². The van der Waals surface area contributed by atoms with Crippen molar-refractivity contribution in [2.45, 2.75) is 25.9 Å². The highest BCUT2D eigenvalue weighted by Gasteiger charge is 2.28. The molecule has 0 N–H and O–H groups in total. The molecule has 0 aromatic heterocycles. The zero-order chi connectivity index (χ0) is 12.1. The van der Waals surface area contributed by atoms with Crippen molar-refractivity contribution in [1.82, 2.24) is 0 Å². The van der Waals surface area contributed by atoms with Crippen molar-refractivity contribution in [2.24, 2.45) is 5.16 Å². The molecule has 0 spiro atoms. The van der Waals surface area contributed by atoms with Gasteiger partial charge in [0, 0.05) is 6.42 Å². The summed E-state index contributed by atoms with van der Waals surface area (Å²) in [5.74, 6) is -0.370. The summed E-state index contributed by atoms with van der Waals surface area (Å²) in [4.78, 5) is 16.8. The molecule has 1 unspecified atom stereocenters. The highest BCUT2D eigenvalue weighted by Crippen LogP contribution is 2.27. The Morgan fingerprint density at radius 1 is 1.47 bits per heavy atom. The van der Waals surface area contributed by atoms with Gasteiger partial charge in [0.1, 0.15) is 0 Å². The standard InChI is InChI=1S/C13H15NO3/c1-2-8-16-13(15)11-9-12(17-14-11)10-6-4-3-5-7-10/h3-7,12H,2,8-9H2,1H3. The van der Waals surface area contributed by atoms with Crippen molar-refractivity contribution >= 4 is 11.7 Å². The van der Waals surface area contributed by atoms with E-state index >= 15 is 0 Å². The van der Waals surface area contributed by atoms with Crippen molar-refractivity contribution < 1.29 is 14.4 Å². The van der Waals surface area contributed by atoms with Crippen LogP contribution in [-0.2, 0) is 14.4 Å². The molecule has 0 saturated carbocycles. The van der Waals surface area contributed by atoms with Gasteiger partial charge in [-0.05, 0) is 12.0 Å². The van der Waals surface area contributed by atoms with Crippen LogP contribution in [-0.4, -0.2) is 18.3 Å². The lowest BCUT2D eigenvalue weighted by Gasteiger charge is -2.07. The van der Waals surface area contributed by atoms with E-state index in [0.29, 0.717) is 18.7 Å². The number of ether oxygens (including phenoxy) is 1. The molecule has 1 aromatic rings. The normalized spacial score (nSPS) is 18.4. The van der Waals surface area contributed by atoms with Crippen LogP contribution in [0.2, 0.25) is 0 Å². The van der Waals surface area contributed by atoms with Gasteiger partial charge in [0.25, 0.3) is 0 Å². The third-order valence-corrected chi connectivity index (χ3v) is 2.51. The zero-order valence-electron chi connectivity index (χ0n) is 9.76. The summed E-state index contributed by atoms with van der Waals surface area (Å²) < 4.78 is 5.01. The molecule has 0 amide bonds. The first-order chi connectivity index (χ1) is 8.31. The molecule has 1 heterocycles. The summed E-state index contributed by atoms with van der Waals surface area (Å²) in [6, 6.07) is 9.73. The van der Waals surface area contributed by atoms with E-state index in [4.69, 9.17) is 9.57 Å². The number of carbonyl (C=O) groups excluding carboxylic acids is 1. The van der Waals surface area contributed by atoms with Crippen LogP contribution in [0.5, 0.6) is 0 Å². The Bertz CT molecular complexity index is 414. The first-order valence-corrected chi connectivity index (χ1v) is 5.76. The smallest absolute Gasteiger partial charge is 0.356 e. The van der Waals surface area contributed by atoms with Crippen molar-refractivity contribution in [1.29, 1.82) is 0 Å². The largest absolute Gasteiger partial charge is 0.461 e. The van der Waals surface area contributed by atoms with E-state index in [1.54, 1.807) is 0 Å². The summed E-state index contributed by atoms with van der Waals surface area (Å²) in [6.07, 6.45) is 1.12. The van der Waals surface area contributed by atoms with Gasteiger partial charge in [0.05, 0.1) is 6.61 Å². The second kappa shape index (κ2) is 5.48. The van der Waals surface area contributed by atoms with Gasteiger partial charge in [-0.2, -0.15) is 0 Å². The topological polar surface area (TPSA) is 47.9 Å². The Hall–Kier alpha value is -1.84. The van der Waals surface area contributed by atoms with E-state index in [9.17, 15) is 4.79 Å². The SMILES string of the molecule is CCCOC(=O)C1=NOC(c2ccccc2)C1. The minimum Gasteiger partial charge on any atom is -0.461 e. The van der Waals surface area contributed by atoms with Crippen LogP contribution in [0.4, 0.5) is 0 Å². The van der Waals surface area contributed by atoms with Crippen LogP contribution >= 0.6 is 0 Å². The van der Waals surface area contributed by atoms with E-state index < -0.39 is 0 Å². The number of hydrogen-bond acceptors (Lipinski definition) is 4. The average molecular weight is 233 g/mol. The minimum absolute atomic E-state index is 0.166. The van der Waals surface area contributed by atoms with Gasteiger partial charge in [-0.25, -0.2) is 4.79 Å². The number of oxime groups is 1. The summed E-state index contributed by atoms with van der Waals surface area (Å²) in [5.41, 5.74) is 1.39. The maximum Gasteiger partial charge on any atom is 0.356 e. The maximum atomic E-state index is 11.5. The molecule has 4 heteroatoms. The predicted molar refractivity (Wildman–Crippen MR) is 63.6 cm³/mol. The van der Waals surface area contributed by atoms with Crippen molar-refractivity contribution in [3.63, 3.8) is 0 Å². The summed E-state index contributed by atoms with van der Waals surface area (Å²) >= 11 is 0. The zero-order valence-corrected chi connectivity index (χ0v) is 9.76. The van der Waals surface area contributed by atoms with E-state index in [0.717, 1.165) is 12.0 Å². The lowest BCUT2D eigenvalue weighted by Crippen LogP contribution is -2.16. The van der Waals surface area contributed by atoms with Crippen LogP contribution in [0.15, 0.2) is 35.5 Å². The molecule has 4 nitrogen and oxygen atoms in total. The lowest BCUT2D eigenvalue weighted by atomic mass is 10.0. The third-order valence-electron chi connectivity index (χ3n) is 2.51. The second-order valence-electron chi connectivity index (χ2n) is 3.88. The Balaban J connectivity index is 1.92. The highest BCUT2D eigenvalue weighted by molar-refractivity contribution is 6.36. The monoisotopic (exact) mass is 233 g/mol. The van der Waals surface area contributed by atoms with Crippen LogP contribution in [0.25, 0.3) is 0 Å². The second-order valence-corrected chi connectivity index (χ2v) is 3.88. The molecule has 0 aliphatic carbocycles.